The fourth-order valence-corrected chi connectivity index (χ4v) is 2.17. The Morgan fingerprint density at radius 2 is 2.11 bits per heavy atom. The van der Waals surface area contributed by atoms with E-state index >= 15 is 0 Å². The Balaban J connectivity index is 2.54. The van der Waals surface area contributed by atoms with Gasteiger partial charge in [0, 0.05) is 11.8 Å². The zero-order valence-corrected chi connectivity index (χ0v) is 11.3. The summed E-state index contributed by atoms with van der Waals surface area (Å²) in [5.41, 5.74) is 2.66. The van der Waals surface area contributed by atoms with Crippen LogP contribution in [-0.4, -0.2) is 19.1 Å². The predicted octanol–water partition coefficient (Wildman–Crippen LogP) is 2.85. The molecular formula is C15H17FN2O. The van der Waals surface area contributed by atoms with Crippen molar-refractivity contribution in [3.63, 3.8) is 0 Å². The zero-order chi connectivity index (χ0) is 13.8. The molecule has 0 saturated heterocycles. The number of pyridine rings is 1. The lowest BCUT2D eigenvalue weighted by Gasteiger charge is -2.20. The van der Waals surface area contributed by atoms with E-state index in [0.717, 1.165) is 16.8 Å². The topological polar surface area (TPSA) is 34.1 Å². The maximum Gasteiger partial charge on any atom is 0.124 e. The Labute approximate surface area is 112 Å². The van der Waals surface area contributed by atoms with E-state index in [9.17, 15) is 4.39 Å². The molecule has 0 saturated carbocycles. The highest BCUT2D eigenvalue weighted by atomic mass is 19.1. The number of nitrogens with one attached hydrogen (secondary N) is 1. The van der Waals surface area contributed by atoms with Gasteiger partial charge in [0.05, 0.1) is 18.8 Å². The largest absolute Gasteiger partial charge is 0.496 e. The molecular weight excluding hydrogens is 243 g/mol. The highest BCUT2D eigenvalue weighted by Crippen LogP contribution is 2.30. The molecule has 2 rings (SSSR count). The first kappa shape index (κ1) is 13.5. The lowest BCUT2D eigenvalue weighted by Crippen LogP contribution is -2.20. The summed E-state index contributed by atoms with van der Waals surface area (Å²) in [7, 11) is 3.40. The van der Waals surface area contributed by atoms with Crippen LogP contribution in [0.25, 0.3) is 0 Å². The van der Waals surface area contributed by atoms with Gasteiger partial charge in [-0.05, 0) is 43.8 Å². The van der Waals surface area contributed by atoms with Crippen LogP contribution in [0.1, 0.15) is 22.9 Å². The number of aryl methyl sites for hydroxylation is 1. The minimum Gasteiger partial charge on any atom is -0.496 e. The zero-order valence-electron chi connectivity index (χ0n) is 11.3. The highest BCUT2D eigenvalue weighted by Gasteiger charge is 2.20. The number of rotatable bonds is 4. The van der Waals surface area contributed by atoms with Gasteiger partial charge < -0.3 is 10.1 Å². The number of methoxy groups -OCH3 is 1. The van der Waals surface area contributed by atoms with E-state index < -0.39 is 0 Å². The maximum absolute atomic E-state index is 13.5. The van der Waals surface area contributed by atoms with Crippen LogP contribution in [0.15, 0.2) is 36.5 Å². The number of hydrogen-bond acceptors (Lipinski definition) is 3. The summed E-state index contributed by atoms with van der Waals surface area (Å²) >= 11 is 0. The molecule has 0 bridgehead atoms. The minimum absolute atomic E-state index is 0.202. The molecule has 0 aliphatic heterocycles. The molecule has 0 amide bonds. The van der Waals surface area contributed by atoms with Gasteiger partial charge in [0.15, 0.2) is 0 Å². The lowest BCUT2D eigenvalue weighted by molar-refractivity contribution is 0.403. The molecule has 19 heavy (non-hydrogen) atoms. The molecule has 1 unspecified atom stereocenters. The number of benzene rings is 1. The number of ether oxygens (including phenoxy) is 1. The van der Waals surface area contributed by atoms with Crippen LogP contribution in [0.5, 0.6) is 5.75 Å². The minimum atomic E-state index is -0.287. The predicted molar refractivity (Wildman–Crippen MR) is 72.8 cm³/mol. The third-order valence-corrected chi connectivity index (χ3v) is 3.11. The van der Waals surface area contributed by atoms with Gasteiger partial charge in [-0.1, -0.05) is 6.07 Å². The average Bonchev–Trinajstić information content (AvgIpc) is 2.42. The van der Waals surface area contributed by atoms with E-state index in [2.05, 4.69) is 10.3 Å². The first-order valence-electron chi connectivity index (χ1n) is 6.09. The van der Waals surface area contributed by atoms with Crippen molar-refractivity contribution in [2.24, 2.45) is 0 Å². The Morgan fingerprint density at radius 1 is 1.32 bits per heavy atom. The third-order valence-electron chi connectivity index (χ3n) is 3.11. The molecule has 1 aromatic carbocycles. The summed E-state index contributed by atoms with van der Waals surface area (Å²) in [6, 6.07) is 8.17. The standard InChI is InChI=1S/C15H17FN2O/c1-10-5-4-8-18-14(10)15(17-2)12-9-11(16)6-7-13(12)19-3/h4-9,15,17H,1-3H3. The quantitative estimate of drug-likeness (QED) is 0.918. The molecule has 0 aliphatic carbocycles. The fraction of sp³-hybridized carbons (Fsp3) is 0.267. The van der Waals surface area contributed by atoms with Crippen molar-refractivity contribution < 1.29 is 9.13 Å². The molecule has 1 aromatic heterocycles. The third kappa shape index (κ3) is 2.74. The first-order chi connectivity index (χ1) is 9.17. The van der Waals surface area contributed by atoms with Gasteiger partial charge in [-0.15, -0.1) is 0 Å². The molecule has 0 radical (unpaired) electrons. The van der Waals surface area contributed by atoms with Crippen molar-refractivity contribution in [1.82, 2.24) is 10.3 Å². The van der Waals surface area contributed by atoms with Crippen LogP contribution in [0.4, 0.5) is 4.39 Å². The van der Waals surface area contributed by atoms with E-state index in [1.807, 2.05) is 26.1 Å². The molecule has 0 fully saturated rings. The number of hydrogen-bond donors (Lipinski definition) is 1. The van der Waals surface area contributed by atoms with Gasteiger partial charge in [0.1, 0.15) is 11.6 Å². The summed E-state index contributed by atoms with van der Waals surface area (Å²) in [5.74, 6) is 0.357. The van der Waals surface area contributed by atoms with Gasteiger partial charge in [0.25, 0.3) is 0 Å². The number of nitrogens with zero attached hydrogens (tertiary/aromatic N) is 1. The summed E-state index contributed by atoms with van der Waals surface area (Å²) in [4.78, 5) is 4.39. The second-order valence-electron chi connectivity index (χ2n) is 4.31. The number of halogens is 1. The van der Waals surface area contributed by atoms with Gasteiger partial charge in [-0.2, -0.15) is 0 Å². The van der Waals surface area contributed by atoms with Crippen LogP contribution in [0, 0.1) is 12.7 Å². The summed E-state index contributed by atoms with van der Waals surface area (Å²) in [5, 5.41) is 3.17. The summed E-state index contributed by atoms with van der Waals surface area (Å²) < 4.78 is 18.8. The lowest BCUT2D eigenvalue weighted by atomic mass is 9.99. The Bertz CT molecular complexity index is 572. The molecule has 1 N–H and O–H groups in total. The Morgan fingerprint density at radius 3 is 2.74 bits per heavy atom. The molecule has 1 atom stereocenters. The Hall–Kier alpha value is -1.94. The van der Waals surface area contributed by atoms with Crippen molar-refractivity contribution in [3.05, 3.63) is 59.2 Å². The van der Waals surface area contributed by atoms with Gasteiger partial charge in [-0.3, -0.25) is 4.98 Å². The second-order valence-corrected chi connectivity index (χ2v) is 4.31. The van der Waals surface area contributed by atoms with E-state index in [-0.39, 0.29) is 11.9 Å². The fourth-order valence-electron chi connectivity index (χ4n) is 2.17. The molecule has 4 heteroatoms. The van der Waals surface area contributed by atoms with E-state index in [1.165, 1.54) is 12.1 Å². The molecule has 2 aromatic rings. The van der Waals surface area contributed by atoms with Crippen molar-refractivity contribution in [1.29, 1.82) is 0 Å². The molecule has 0 aliphatic rings. The van der Waals surface area contributed by atoms with Crippen LogP contribution < -0.4 is 10.1 Å². The summed E-state index contributed by atoms with van der Waals surface area (Å²) in [6.45, 7) is 1.98. The number of aromatic nitrogens is 1. The van der Waals surface area contributed by atoms with Crippen LogP contribution in [0.3, 0.4) is 0 Å². The van der Waals surface area contributed by atoms with E-state index in [0.29, 0.717) is 5.75 Å². The van der Waals surface area contributed by atoms with Gasteiger partial charge >= 0.3 is 0 Å². The van der Waals surface area contributed by atoms with E-state index in [1.54, 1.807) is 19.4 Å². The molecule has 3 nitrogen and oxygen atoms in total. The second kappa shape index (κ2) is 5.80. The highest BCUT2D eigenvalue weighted by molar-refractivity contribution is 5.41. The monoisotopic (exact) mass is 260 g/mol. The van der Waals surface area contributed by atoms with Gasteiger partial charge in [-0.25, -0.2) is 4.39 Å². The summed E-state index contributed by atoms with van der Waals surface area (Å²) in [6.07, 6.45) is 1.73. The van der Waals surface area contributed by atoms with Crippen molar-refractivity contribution in [3.8, 4) is 5.75 Å². The first-order valence-corrected chi connectivity index (χ1v) is 6.09. The van der Waals surface area contributed by atoms with E-state index in [4.69, 9.17) is 4.74 Å². The van der Waals surface area contributed by atoms with Crippen LogP contribution >= 0.6 is 0 Å². The Kier molecular flexibility index (Phi) is 4.12. The normalized spacial score (nSPS) is 12.2. The van der Waals surface area contributed by atoms with Crippen molar-refractivity contribution in [2.45, 2.75) is 13.0 Å². The van der Waals surface area contributed by atoms with Crippen LogP contribution in [-0.2, 0) is 0 Å². The SMILES string of the molecule is CNC(c1cc(F)ccc1OC)c1ncccc1C. The maximum atomic E-state index is 13.5. The average molecular weight is 260 g/mol. The van der Waals surface area contributed by atoms with Crippen molar-refractivity contribution in [2.75, 3.05) is 14.2 Å². The molecule has 0 spiro atoms. The molecule has 1 heterocycles. The smallest absolute Gasteiger partial charge is 0.124 e. The molecule has 100 valence electrons. The van der Waals surface area contributed by atoms with Crippen LogP contribution in [0.2, 0.25) is 0 Å². The van der Waals surface area contributed by atoms with Crippen molar-refractivity contribution >= 4 is 0 Å². The van der Waals surface area contributed by atoms with Gasteiger partial charge in [0.2, 0.25) is 0 Å².